The lowest BCUT2D eigenvalue weighted by Gasteiger charge is -2.12. The molecule has 4 aromatic carbocycles. The normalized spacial score (nSPS) is 10.3. The van der Waals surface area contributed by atoms with Crippen molar-refractivity contribution in [1.82, 2.24) is 0 Å². The largest absolute Gasteiger partial charge is 0.494 e. The van der Waals surface area contributed by atoms with Gasteiger partial charge in [-0.05, 0) is 104 Å². The van der Waals surface area contributed by atoms with Crippen molar-refractivity contribution in [2.75, 3.05) is 33.5 Å². The zero-order chi connectivity index (χ0) is 38.7. The van der Waals surface area contributed by atoms with Gasteiger partial charge in [0, 0.05) is 12.2 Å². The third kappa shape index (κ3) is 12.5. The van der Waals surface area contributed by atoms with Gasteiger partial charge >= 0.3 is 29.8 Å². The van der Waals surface area contributed by atoms with Crippen LogP contribution in [0.4, 0.5) is 0 Å². The van der Waals surface area contributed by atoms with Gasteiger partial charge in [0.25, 0.3) is 0 Å². The van der Waals surface area contributed by atoms with Crippen molar-refractivity contribution in [1.29, 1.82) is 0 Å². The molecule has 0 unspecified atom stereocenters. The minimum absolute atomic E-state index is 0.115. The summed E-state index contributed by atoms with van der Waals surface area (Å²) in [7, 11) is 1.39. The van der Waals surface area contributed by atoms with Gasteiger partial charge in [-0.1, -0.05) is 37.4 Å². The van der Waals surface area contributed by atoms with Crippen LogP contribution in [0.2, 0.25) is 0 Å². The van der Waals surface area contributed by atoms with Gasteiger partial charge in [0.05, 0.1) is 50.2 Å². The van der Waals surface area contributed by atoms with Crippen LogP contribution in [0, 0.1) is 0 Å². The van der Waals surface area contributed by atoms with Crippen molar-refractivity contribution >= 4 is 29.8 Å². The molecule has 12 heteroatoms. The highest BCUT2D eigenvalue weighted by atomic mass is 16.6. The molecule has 0 spiro atoms. The molecule has 280 valence electrons. The molecule has 0 aliphatic carbocycles. The molecule has 0 amide bonds. The van der Waals surface area contributed by atoms with Crippen molar-refractivity contribution < 1.29 is 57.1 Å². The van der Waals surface area contributed by atoms with Gasteiger partial charge in [0.1, 0.15) is 11.5 Å². The smallest absolute Gasteiger partial charge is 0.343 e. The van der Waals surface area contributed by atoms with Gasteiger partial charge in [-0.3, -0.25) is 0 Å². The zero-order valence-electron chi connectivity index (χ0n) is 29.8. The predicted molar refractivity (Wildman–Crippen MR) is 198 cm³/mol. The molecule has 0 heterocycles. The second-order valence-corrected chi connectivity index (χ2v) is 11.4. The Kier molecular flexibility index (Phi) is 15.6. The number of methoxy groups -OCH3 is 1. The highest BCUT2D eigenvalue weighted by molar-refractivity contribution is 5.94. The molecule has 0 aliphatic heterocycles. The lowest BCUT2D eigenvalue weighted by atomic mass is 10.0. The first-order chi connectivity index (χ1) is 26.2. The third-order valence-corrected chi connectivity index (χ3v) is 7.61. The molecule has 0 saturated heterocycles. The fraction of sp³-hybridized carbons (Fsp3) is 0.214. The van der Waals surface area contributed by atoms with Crippen LogP contribution >= 0.6 is 0 Å². The SMILES string of the molecule is C=CC(=O)OCCCCOC(=O)c1ccc(-c2ccc(OC(=O)c3ccc(OC(=O)c4ccc(OCCCCOC(=O)C=C)cc4)c(OC)c3)cc2)cc1. The summed E-state index contributed by atoms with van der Waals surface area (Å²) in [5.41, 5.74) is 2.52. The van der Waals surface area contributed by atoms with Crippen LogP contribution < -0.4 is 18.9 Å². The van der Waals surface area contributed by atoms with Gasteiger partial charge in [-0.25, -0.2) is 24.0 Å². The number of carbonyl (C=O) groups is 5. The highest BCUT2D eigenvalue weighted by Crippen LogP contribution is 2.30. The Morgan fingerprint density at radius 3 is 1.54 bits per heavy atom. The Morgan fingerprint density at radius 2 is 0.963 bits per heavy atom. The van der Waals surface area contributed by atoms with Gasteiger partial charge in [0.15, 0.2) is 11.5 Å². The molecule has 12 nitrogen and oxygen atoms in total. The van der Waals surface area contributed by atoms with Crippen LogP contribution in [0.5, 0.6) is 23.0 Å². The van der Waals surface area contributed by atoms with E-state index in [0.717, 1.165) is 23.3 Å². The van der Waals surface area contributed by atoms with E-state index in [0.29, 0.717) is 49.4 Å². The fourth-order valence-electron chi connectivity index (χ4n) is 4.71. The van der Waals surface area contributed by atoms with E-state index in [1.807, 2.05) is 0 Å². The molecule has 0 N–H and O–H groups in total. The van der Waals surface area contributed by atoms with E-state index in [1.54, 1.807) is 72.8 Å². The number of hydrogen-bond acceptors (Lipinski definition) is 12. The van der Waals surface area contributed by atoms with Crippen molar-refractivity contribution in [3.05, 3.63) is 133 Å². The molecule has 0 bridgehead atoms. The van der Waals surface area contributed by atoms with Crippen LogP contribution in [0.3, 0.4) is 0 Å². The Bertz CT molecular complexity index is 1910. The molecular weight excluding hydrogens is 696 g/mol. The monoisotopic (exact) mass is 736 g/mol. The fourth-order valence-corrected chi connectivity index (χ4v) is 4.71. The number of ether oxygens (including phenoxy) is 7. The standard InChI is InChI=1S/C42H40O12/c1-4-38(43)50-25-7-6-24-49-34-19-16-32(17-20-34)41(46)54-36-23-18-33(28-37(36)48-3)42(47)53-35-21-14-30(15-22-35)29-10-12-31(13-11-29)40(45)52-27-9-8-26-51-39(44)5-2/h4-5,10-23,28H,1-2,6-9,24-27H2,3H3. The van der Waals surface area contributed by atoms with E-state index in [4.69, 9.17) is 33.2 Å². The molecule has 0 fully saturated rings. The van der Waals surface area contributed by atoms with Crippen LogP contribution in [-0.4, -0.2) is 63.4 Å². The van der Waals surface area contributed by atoms with Crippen LogP contribution in [0.15, 0.2) is 116 Å². The molecular formula is C42H40O12. The van der Waals surface area contributed by atoms with E-state index in [-0.39, 0.29) is 42.4 Å². The van der Waals surface area contributed by atoms with Gasteiger partial charge in [-0.2, -0.15) is 0 Å². The van der Waals surface area contributed by atoms with E-state index in [1.165, 1.54) is 25.3 Å². The Hall–Kier alpha value is -6.69. The van der Waals surface area contributed by atoms with E-state index < -0.39 is 29.8 Å². The highest BCUT2D eigenvalue weighted by Gasteiger charge is 2.17. The number of unbranched alkanes of at least 4 members (excludes halogenated alkanes) is 2. The average Bonchev–Trinajstić information content (AvgIpc) is 3.20. The topological polar surface area (TPSA) is 150 Å². The van der Waals surface area contributed by atoms with E-state index in [9.17, 15) is 24.0 Å². The first kappa shape index (κ1) is 40.1. The number of benzene rings is 4. The van der Waals surface area contributed by atoms with Crippen LogP contribution in [0.25, 0.3) is 11.1 Å². The van der Waals surface area contributed by atoms with E-state index >= 15 is 0 Å². The molecule has 0 atom stereocenters. The van der Waals surface area contributed by atoms with E-state index in [2.05, 4.69) is 13.2 Å². The average molecular weight is 737 g/mol. The maximum atomic E-state index is 13.0. The van der Waals surface area contributed by atoms with Gasteiger partial charge in [0.2, 0.25) is 0 Å². The molecule has 0 saturated carbocycles. The first-order valence-electron chi connectivity index (χ1n) is 17.0. The number of carbonyl (C=O) groups excluding carboxylic acids is 5. The molecule has 0 radical (unpaired) electrons. The van der Waals surface area contributed by atoms with Crippen molar-refractivity contribution in [3.63, 3.8) is 0 Å². The van der Waals surface area contributed by atoms with Gasteiger partial charge < -0.3 is 33.2 Å². The summed E-state index contributed by atoms with van der Waals surface area (Å²) in [6, 6.07) is 24.5. The van der Waals surface area contributed by atoms with Crippen LogP contribution in [0.1, 0.15) is 56.8 Å². The summed E-state index contributed by atoms with van der Waals surface area (Å²) in [6.45, 7) is 7.79. The summed E-state index contributed by atoms with van der Waals surface area (Å²) in [5, 5.41) is 0. The van der Waals surface area contributed by atoms with Crippen molar-refractivity contribution in [2.24, 2.45) is 0 Å². The Morgan fingerprint density at radius 1 is 0.500 bits per heavy atom. The zero-order valence-corrected chi connectivity index (χ0v) is 29.8. The molecule has 4 rings (SSSR count). The molecule has 0 aromatic heterocycles. The summed E-state index contributed by atoms with van der Waals surface area (Å²) in [5.74, 6) is -1.54. The first-order valence-corrected chi connectivity index (χ1v) is 17.0. The maximum Gasteiger partial charge on any atom is 0.343 e. The number of esters is 5. The molecule has 54 heavy (non-hydrogen) atoms. The second kappa shape index (κ2) is 21.0. The number of rotatable bonds is 20. The molecule has 4 aromatic rings. The summed E-state index contributed by atoms with van der Waals surface area (Å²) >= 11 is 0. The van der Waals surface area contributed by atoms with Crippen molar-refractivity contribution in [3.8, 4) is 34.1 Å². The summed E-state index contributed by atoms with van der Waals surface area (Å²) in [4.78, 5) is 60.3. The predicted octanol–water partition coefficient (Wildman–Crippen LogP) is 7.36. The lowest BCUT2D eigenvalue weighted by molar-refractivity contribution is -0.138. The Labute approximate surface area is 312 Å². The Balaban J connectivity index is 1.24. The summed E-state index contributed by atoms with van der Waals surface area (Å²) in [6.07, 6.45) is 4.63. The lowest BCUT2D eigenvalue weighted by Crippen LogP contribution is -2.11. The quantitative estimate of drug-likeness (QED) is 0.0293. The van der Waals surface area contributed by atoms with Gasteiger partial charge in [-0.15, -0.1) is 0 Å². The second-order valence-electron chi connectivity index (χ2n) is 11.4. The third-order valence-electron chi connectivity index (χ3n) is 7.61. The minimum atomic E-state index is -0.645. The van der Waals surface area contributed by atoms with Crippen molar-refractivity contribution in [2.45, 2.75) is 25.7 Å². The maximum absolute atomic E-state index is 13.0. The molecule has 0 aliphatic rings. The number of hydrogen-bond donors (Lipinski definition) is 0. The minimum Gasteiger partial charge on any atom is -0.494 e. The van der Waals surface area contributed by atoms with Crippen LogP contribution in [-0.2, 0) is 23.8 Å². The summed E-state index contributed by atoms with van der Waals surface area (Å²) < 4.78 is 37.2.